The molecule has 2 fully saturated rings. The van der Waals surface area contributed by atoms with Crippen LogP contribution in [0, 0.1) is 0 Å². The number of alkyl halides is 3. The molecule has 2 aromatic rings. The third-order valence-corrected chi connectivity index (χ3v) is 6.84. The first kappa shape index (κ1) is 25.3. The molecule has 2 heterocycles. The third kappa shape index (κ3) is 6.67. The second-order valence-corrected chi connectivity index (χ2v) is 9.44. The minimum atomic E-state index is -4.53. The van der Waals surface area contributed by atoms with Crippen LogP contribution in [0.3, 0.4) is 0 Å². The van der Waals surface area contributed by atoms with Gasteiger partial charge in [0.05, 0.1) is 12.1 Å². The number of hydrogen-bond acceptors (Lipinski definition) is 4. The number of piperidine rings is 1. The lowest BCUT2D eigenvalue weighted by molar-refractivity contribution is -0.137. The number of benzene rings is 2. The third-order valence-electron chi connectivity index (χ3n) is 6.60. The Balaban J connectivity index is 1.20. The average Bonchev–Trinajstić information content (AvgIpc) is 3.30. The maximum Gasteiger partial charge on any atom is 0.416 e. The molecule has 2 amide bonds. The van der Waals surface area contributed by atoms with Crippen LogP contribution in [0.1, 0.15) is 35.2 Å². The highest BCUT2D eigenvalue weighted by atomic mass is 35.5. The molecule has 0 unspecified atom stereocenters. The number of hydrogen-bond donors (Lipinski definition) is 2. The Morgan fingerprint density at radius 3 is 2.46 bits per heavy atom. The van der Waals surface area contributed by atoms with Crippen LogP contribution in [0.2, 0.25) is 5.02 Å². The molecule has 2 aromatic carbocycles. The number of nitrogens with zero attached hydrogens (tertiary/aromatic N) is 2. The Labute approximate surface area is 207 Å². The predicted molar refractivity (Wildman–Crippen MR) is 129 cm³/mol. The molecule has 2 aliphatic rings. The largest absolute Gasteiger partial charge is 0.416 e. The quantitative estimate of drug-likeness (QED) is 0.620. The van der Waals surface area contributed by atoms with Crippen LogP contribution >= 0.6 is 11.6 Å². The van der Waals surface area contributed by atoms with Crippen molar-refractivity contribution in [2.24, 2.45) is 0 Å². The molecule has 2 aliphatic heterocycles. The fraction of sp³-hybridized carbons (Fsp3) is 0.440. The van der Waals surface area contributed by atoms with E-state index < -0.39 is 17.6 Å². The average molecular weight is 509 g/mol. The van der Waals surface area contributed by atoms with E-state index in [1.54, 1.807) is 0 Å². The fourth-order valence-corrected chi connectivity index (χ4v) is 4.96. The Bertz CT molecular complexity index is 1060. The Morgan fingerprint density at radius 2 is 1.74 bits per heavy atom. The molecule has 0 bridgehead atoms. The second-order valence-electron chi connectivity index (χ2n) is 9.01. The maximum absolute atomic E-state index is 12.8. The molecule has 1 atom stereocenters. The number of rotatable bonds is 6. The number of amides is 2. The maximum atomic E-state index is 12.8. The molecule has 6 nitrogen and oxygen atoms in total. The summed E-state index contributed by atoms with van der Waals surface area (Å²) in [5, 5.41) is 6.06. The van der Waals surface area contributed by atoms with E-state index in [4.69, 9.17) is 11.6 Å². The van der Waals surface area contributed by atoms with Crippen molar-refractivity contribution in [1.29, 1.82) is 0 Å². The van der Waals surface area contributed by atoms with Gasteiger partial charge < -0.3 is 15.5 Å². The summed E-state index contributed by atoms with van der Waals surface area (Å²) in [6.45, 7) is 3.24. The van der Waals surface area contributed by atoms with E-state index in [1.165, 1.54) is 12.1 Å². The predicted octanol–water partition coefficient (Wildman–Crippen LogP) is 3.95. The Hall–Kier alpha value is -2.78. The molecule has 35 heavy (non-hydrogen) atoms. The van der Waals surface area contributed by atoms with Gasteiger partial charge in [-0.1, -0.05) is 23.7 Å². The van der Waals surface area contributed by atoms with Gasteiger partial charge in [0, 0.05) is 54.5 Å². The number of halogens is 4. The smallest absolute Gasteiger partial charge is 0.371 e. The van der Waals surface area contributed by atoms with Crippen molar-refractivity contribution in [3.05, 3.63) is 64.7 Å². The highest BCUT2D eigenvalue weighted by Gasteiger charge is 2.32. The lowest BCUT2D eigenvalue weighted by Crippen LogP contribution is -2.46. The molecule has 4 rings (SSSR count). The minimum Gasteiger partial charge on any atom is -0.371 e. The van der Waals surface area contributed by atoms with E-state index in [-0.39, 0.29) is 24.1 Å². The van der Waals surface area contributed by atoms with Gasteiger partial charge >= 0.3 is 6.18 Å². The normalized spacial score (nSPS) is 19.5. The van der Waals surface area contributed by atoms with E-state index >= 15 is 0 Å². The summed E-state index contributed by atoms with van der Waals surface area (Å²) in [5.74, 6) is -1.07. The number of anilines is 1. The lowest BCUT2D eigenvalue weighted by atomic mass is 10.0. The van der Waals surface area contributed by atoms with Gasteiger partial charge in [-0.3, -0.25) is 14.5 Å². The molecule has 0 saturated carbocycles. The van der Waals surface area contributed by atoms with Crippen molar-refractivity contribution in [2.45, 2.75) is 37.5 Å². The zero-order valence-electron chi connectivity index (χ0n) is 19.2. The summed E-state index contributed by atoms with van der Waals surface area (Å²) < 4.78 is 38.5. The minimum absolute atomic E-state index is 0.0149. The SMILES string of the molecule is O=C(CNC(=O)c1cccc(C(F)(F)F)c1)N[C@@H]1CCN(C2CCN(c3cccc(Cl)c3)CC2)C1. The Morgan fingerprint density at radius 1 is 1.00 bits per heavy atom. The van der Waals surface area contributed by atoms with Crippen molar-refractivity contribution in [1.82, 2.24) is 15.5 Å². The van der Waals surface area contributed by atoms with Crippen LogP contribution in [0.5, 0.6) is 0 Å². The van der Waals surface area contributed by atoms with Gasteiger partial charge in [0.25, 0.3) is 5.91 Å². The van der Waals surface area contributed by atoms with Crippen LogP contribution in [0.25, 0.3) is 0 Å². The molecular weight excluding hydrogens is 481 g/mol. The molecule has 0 spiro atoms. The molecule has 0 aromatic heterocycles. The van der Waals surface area contributed by atoms with Crippen molar-refractivity contribution >= 4 is 29.1 Å². The molecule has 2 saturated heterocycles. The zero-order valence-corrected chi connectivity index (χ0v) is 19.9. The van der Waals surface area contributed by atoms with Gasteiger partial charge in [0.15, 0.2) is 0 Å². The van der Waals surface area contributed by atoms with Crippen molar-refractivity contribution in [2.75, 3.05) is 37.6 Å². The van der Waals surface area contributed by atoms with Crippen molar-refractivity contribution in [3.63, 3.8) is 0 Å². The first-order chi connectivity index (χ1) is 16.7. The van der Waals surface area contributed by atoms with Gasteiger partial charge in [0.1, 0.15) is 0 Å². The second kappa shape index (κ2) is 10.9. The van der Waals surface area contributed by atoms with Crippen LogP contribution < -0.4 is 15.5 Å². The molecule has 0 radical (unpaired) electrons. The first-order valence-corrected chi connectivity index (χ1v) is 12.1. The van der Waals surface area contributed by atoms with Crippen LogP contribution in [0.15, 0.2) is 48.5 Å². The summed E-state index contributed by atoms with van der Waals surface area (Å²) in [6.07, 6.45) is -1.66. The van der Waals surface area contributed by atoms with E-state index in [9.17, 15) is 22.8 Å². The molecule has 188 valence electrons. The number of carbonyl (C=O) groups excluding carboxylic acids is 2. The molecule has 10 heteroatoms. The van der Waals surface area contributed by atoms with Crippen LogP contribution in [0.4, 0.5) is 18.9 Å². The van der Waals surface area contributed by atoms with Crippen LogP contribution in [-0.2, 0) is 11.0 Å². The monoisotopic (exact) mass is 508 g/mol. The lowest BCUT2D eigenvalue weighted by Gasteiger charge is -2.38. The first-order valence-electron chi connectivity index (χ1n) is 11.7. The van der Waals surface area contributed by atoms with Gasteiger partial charge in [-0.2, -0.15) is 13.2 Å². The van der Waals surface area contributed by atoms with Gasteiger partial charge in [0.2, 0.25) is 5.91 Å². The van der Waals surface area contributed by atoms with Gasteiger partial charge in [-0.25, -0.2) is 0 Å². The summed E-state index contributed by atoms with van der Waals surface area (Å²) in [6, 6.07) is 12.4. The number of nitrogens with one attached hydrogen (secondary N) is 2. The van der Waals surface area contributed by atoms with Gasteiger partial charge in [-0.05, 0) is 55.7 Å². The number of carbonyl (C=O) groups is 2. The summed E-state index contributed by atoms with van der Waals surface area (Å²) in [4.78, 5) is 29.3. The zero-order chi connectivity index (χ0) is 25.0. The fourth-order valence-electron chi connectivity index (χ4n) is 4.78. The van der Waals surface area contributed by atoms with E-state index in [0.717, 1.165) is 68.3 Å². The van der Waals surface area contributed by atoms with E-state index in [1.807, 2.05) is 18.2 Å². The van der Waals surface area contributed by atoms with E-state index in [2.05, 4.69) is 26.5 Å². The summed E-state index contributed by atoms with van der Waals surface area (Å²) >= 11 is 6.11. The van der Waals surface area contributed by atoms with Crippen molar-refractivity contribution in [3.8, 4) is 0 Å². The van der Waals surface area contributed by atoms with Crippen molar-refractivity contribution < 1.29 is 22.8 Å². The standard InChI is InChI=1S/C25H28ClF3N4O2/c26-19-5-2-6-22(14-19)32-11-8-21(9-12-32)33-10-7-20(16-33)31-23(34)15-30-24(35)17-3-1-4-18(13-17)25(27,28)29/h1-6,13-14,20-21H,7-12,15-16H2,(H,30,35)(H,31,34)/t20-/m1/s1. The highest BCUT2D eigenvalue weighted by Crippen LogP contribution is 2.29. The van der Waals surface area contributed by atoms with Gasteiger partial charge in [-0.15, -0.1) is 0 Å². The number of likely N-dealkylation sites (tertiary alicyclic amines) is 1. The Kier molecular flexibility index (Phi) is 7.86. The van der Waals surface area contributed by atoms with E-state index in [0.29, 0.717) is 6.04 Å². The molecule has 2 N–H and O–H groups in total. The summed E-state index contributed by atoms with van der Waals surface area (Å²) in [5.41, 5.74) is 0.0949. The molecular formula is C25H28ClF3N4O2. The van der Waals surface area contributed by atoms with Crippen LogP contribution in [-0.4, -0.2) is 61.5 Å². The summed E-state index contributed by atoms with van der Waals surface area (Å²) in [7, 11) is 0. The highest BCUT2D eigenvalue weighted by molar-refractivity contribution is 6.30. The molecule has 0 aliphatic carbocycles. The topological polar surface area (TPSA) is 64.7 Å².